The van der Waals surface area contributed by atoms with Gasteiger partial charge in [-0.1, -0.05) is 37.6 Å². The van der Waals surface area contributed by atoms with Crippen LogP contribution in [0.4, 0.5) is 5.69 Å². The summed E-state index contributed by atoms with van der Waals surface area (Å²) in [6, 6.07) is 9.34. The molecule has 2 aromatic carbocycles. The number of nitrogens with one attached hydrogen (secondary N) is 2. The molecule has 0 heterocycles. The molecule has 0 saturated carbocycles. The molecule has 2 N–H and O–H groups in total. The Hall–Kier alpha value is -3.13. The maximum atomic E-state index is 12.1. The smallest absolute Gasteiger partial charge is 0.288 e. The van der Waals surface area contributed by atoms with Crippen molar-refractivity contribution >= 4 is 29.1 Å². The normalized spacial score (nSPS) is 10.5. The third-order valence-electron chi connectivity index (χ3n) is 3.87. The van der Waals surface area contributed by atoms with E-state index in [0.717, 1.165) is 17.2 Å². The predicted octanol–water partition coefficient (Wildman–Crippen LogP) is 3.52. The van der Waals surface area contributed by atoms with Crippen LogP contribution in [0.3, 0.4) is 0 Å². The van der Waals surface area contributed by atoms with E-state index in [4.69, 9.17) is 16.3 Å². The van der Waals surface area contributed by atoms with E-state index in [1.165, 1.54) is 12.1 Å². The summed E-state index contributed by atoms with van der Waals surface area (Å²) in [5.74, 6) is -0.469. The molecule has 148 valence electrons. The Morgan fingerprint density at radius 1 is 1.18 bits per heavy atom. The molecule has 0 aliphatic carbocycles. The summed E-state index contributed by atoms with van der Waals surface area (Å²) in [7, 11) is 0. The second-order valence-electron chi connectivity index (χ2n) is 6.41. The molecule has 0 spiro atoms. The van der Waals surface area contributed by atoms with Crippen molar-refractivity contribution in [3.63, 3.8) is 0 Å². The zero-order valence-corrected chi connectivity index (χ0v) is 16.4. The Kier molecular flexibility index (Phi) is 6.94. The Morgan fingerprint density at radius 2 is 1.89 bits per heavy atom. The van der Waals surface area contributed by atoms with Crippen molar-refractivity contribution in [3.8, 4) is 5.75 Å². The van der Waals surface area contributed by atoms with E-state index >= 15 is 0 Å². The number of halogens is 1. The summed E-state index contributed by atoms with van der Waals surface area (Å²) < 4.78 is 5.58. The monoisotopic (exact) mass is 405 g/mol. The fourth-order valence-corrected chi connectivity index (χ4v) is 2.60. The number of carbonyl (C=O) groups excluding carboxylic acids is 2. The number of aryl methyl sites for hydroxylation is 1. The van der Waals surface area contributed by atoms with Gasteiger partial charge in [-0.05, 0) is 42.2 Å². The van der Waals surface area contributed by atoms with Crippen molar-refractivity contribution < 1.29 is 19.2 Å². The topological polar surface area (TPSA) is 111 Å². The van der Waals surface area contributed by atoms with Gasteiger partial charge in [-0.2, -0.15) is 0 Å². The second-order valence-corrected chi connectivity index (χ2v) is 6.82. The minimum absolute atomic E-state index is 0.0157. The van der Waals surface area contributed by atoms with Crippen LogP contribution in [0.1, 0.15) is 41.3 Å². The largest absolute Gasteiger partial charge is 0.483 e. The van der Waals surface area contributed by atoms with Crippen LogP contribution in [0, 0.1) is 17.0 Å². The quantitative estimate of drug-likeness (QED) is 0.564. The number of amides is 2. The molecule has 2 amide bonds. The van der Waals surface area contributed by atoms with E-state index in [9.17, 15) is 19.7 Å². The van der Waals surface area contributed by atoms with Gasteiger partial charge in [-0.15, -0.1) is 0 Å². The van der Waals surface area contributed by atoms with Gasteiger partial charge in [0.15, 0.2) is 6.61 Å². The number of nitro groups is 1. The number of nitro benzene ring substituents is 1. The molecule has 0 aliphatic heterocycles. The van der Waals surface area contributed by atoms with Gasteiger partial charge in [0.1, 0.15) is 10.8 Å². The predicted molar refractivity (Wildman–Crippen MR) is 104 cm³/mol. The summed E-state index contributed by atoms with van der Waals surface area (Å²) in [5, 5.41) is 10.8. The van der Waals surface area contributed by atoms with Crippen molar-refractivity contribution in [2.75, 3.05) is 6.61 Å². The Bertz CT molecular complexity index is 914. The highest BCUT2D eigenvalue weighted by molar-refractivity contribution is 6.32. The van der Waals surface area contributed by atoms with Crippen molar-refractivity contribution in [1.82, 2.24) is 10.9 Å². The fourth-order valence-electron chi connectivity index (χ4n) is 2.42. The number of benzene rings is 2. The van der Waals surface area contributed by atoms with Crippen molar-refractivity contribution in [3.05, 3.63) is 68.2 Å². The zero-order valence-electron chi connectivity index (χ0n) is 15.6. The first-order valence-corrected chi connectivity index (χ1v) is 8.83. The molecule has 9 heteroatoms. The average Bonchev–Trinajstić information content (AvgIpc) is 2.64. The highest BCUT2D eigenvalue weighted by atomic mass is 35.5. The SMILES string of the molecule is Cc1ccc(C(C)C)c(OCC(=O)NNC(=O)c2ccc(Cl)c([N+](=O)[O-])c2)c1. The second kappa shape index (κ2) is 9.18. The molecule has 2 rings (SSSR count). The summed E-state index contributed by atoms with van der Waals surface area (Å²) >= 11 is 5.71. The molecule has 0 aliphatic rings. The molecule has 0 bridgehead atoms. The summed E-state index contributed by atoms with van der Waals surface area (Å²) in [6.07, 6.45) is 0. The molecule has 0 fully saturated rings. The maximum absolute atomic E-state index is 12.1. The molecular weight excluding hydrogens is 386 g/mol. The van der Waals surface area contributed by atoms with E-state index in [2.05, 4.69) is 10.9 Å². The van der Waals surface area contributed by atoms with Crippen LogP contribution in [-0.4, -0.2) is 23.3 Å². The lowest BCUT2D eigenvalue weighted by molar-refractivity contribution is -0.384. The minimum atomic E-state index is -0.716. The Morgan fingerprint density at radius 3 is 2.54 bits per heavy atom. The van der Waals surface area contributed by atoms with Crippen LogP contribution in [-0.2, 0) is 4.79 Å². The highest BCUT2D eigenvalue weighted by Gasteiger charge is 2.17. The van der Waals surface area contributed by atoms with E-state index < -0.39 is 22.4 Å². The Balaban J connectivity index is 1.95. The van der Waals surface area contributed by atoms with Gasteiger partial charge in [-0.25, -0.2) is 0 Å². The van der Waals surface area contributed by atoms with Crippen molar-refractivity contribution in [2.45, 2.75) is 26.7 Å². The van der Waals surface area contributed by atoms with Gasteiger partial charge in [-0.3, -0.25) is 30.6 Å². The molecule has 0 saturated heterocycles. The van der Waals surface area contributed by atoms with Gasteiger partial charge in [0.05, 0.1) is 4.92 Å². The van der Waals surface area contributed by atoms with Crippen LogP contribution >= 0.6 is 11.6 Å². The van der Waals surface area contributed by atoms with Crippen LogP contribution < -0.4 is 15.6 Å². The molecule has 0 radical (unpaired) electrons. The van der Waals surface area contributed by atoms with Gasteiger partial charge >= 0.3 is 0 Å². The lowest BCUT2D eigenvalue weighted by Crippen LogP contribution is -2.43. The third kappa shape index (κ3) is 5.43. The standard InChI is InChI=1S/C19H20ClN3O5/c1-11(2)14-6-4-12(3)8-17(14)28-10-18(24)21-22-19(25)13-5-7-15(20)16(9-13)23(26)27/h4-9,11H,10H2,1-3H3,(H,21,24)(H,22,25). The number of carbonyl (C=O) groups is 2. The highest BCUT2D eigenvalue weighted by Crippen LogP contribution is 2.27. The number of hydrazine groups is 1. The van der Waals surface area contributed by atoms with Crippen molar-refractivity contribution in [2.24, 2.45) is 0 Å². The summed E-state index contributed by atoms with van der Waals surface area (Å²) in [5.41, 5.74) is 5.95. The van der Waals surface area contributed by atoms with Gasteiger partial charge in [0.2, 0.25) is 0 Å². The summed E-state index contributed by atoms with van der Waals surface area (Å²) in [4.78, 5) is 34.2. The zero-order chi connectivity index (χ0) is 20.8. The van der Waals surface area contributed by atoms with Gasteiger partial charge in [0, 0.05) is 11.6 Å². The molecular formula is C19H20ClN3O5. The molecule has 8 nitrogen and oxygen atoms in total. The first-order chi connectivity index (χ1) is 13.2. The molecule has 0 atom stereocenters. The van der Waals surface area contributed by atoms with Crippen LogP contribution in [0.2, 0.25) is 5.02 Å². The lowest BCUT2D eigenvalue weighted by Gasteiger charge is -2.15. The molecule has 2 aromatic rings. The average molecular weight is 406 g/mol. The van der Waals surface area contributed by atoms with Crippen LogP contribution in [0.25, 0.3) is 0 Å². The first-order valence-electron chi connectivity index (χ1n) is 8.45. The number of hydrogen-bond acceptors (Lipinski definition) is 5. The molecule has 28 heavy (non-hydrogen) atoms. The van der Waals surface area contributed by atoms with E-state index in [-0.39, 0.29) is 23.1 Å². The molecule has 0 unspecified atom stereocenters. The van der Waals surface area contributed by atoms with Crippen molar-refractivity contribution in [1.29, 1.82) is 0 Å². The maximum Gasteiger partial charge on any atom is 0.288 e. The van der Waals surface area contributed by atoms with Crippen LogP contribution in [0.15, 0.2) is 36.4 Å². The van der Waals surface area contributed by atoms with E-state index in [0.29, 0.717) is 5.75 Å². The number of rotatable bonds is 6. The number of ether oxygens (including phenoxy) is 1. The number of nitrogens with zero attached hydrogens (tertiary/aromatic N) is 1. The van der Waals surface area contributed by atoms with Crippen LogP contribution in [0.5, 0.6) is 5.75 Å². The minimum Gasteiger partial charge on any atom is -0.483 e. The van der Waals surface area contributed by atoms with E-state index in [1.54, 1.807) is 0 Å². The molecule has 0 aromatic heterocycles. The van der Waals surface area contributed by atoms with E-state index in [1.807, 2.05) is 39.0 Å². The van der Waals surface area contributed by atoms with Gasteiger partial charge in [0.25, 0.3) is 17.5 Å². The van der Waals surface area contributed by atoms with Gasteiger partial charge < -0.3 is 4.74 Å². The summed E-state index contributed by atoms with van der Waals surface area (Å²) in [6.45, 7) is 5.65. The third-order valence-corrected chi connectivity index (χ3v) is 4.19. The Labute approximate surface area is 167 Å². The first kappa shape index (κ1) is 21.2. The fraction of sp³-hybridized carbons (Fsp3) is 0.263. The lowest BCUT2D eigenvalue weighted by atomic mass is 10.0. The number of hydrogen-bond donors (Lipinski definition) is 2.